The lowest BCUT2D eigenvalue weighted by atomic mass is 10.1. The second kappa shape index (κ2) is 9.08. The first kappa shape index (κ1) is 22.0. The van der Waals surface area contributed by atoms with Crippen molar-refractivity contribution in [3.05, 3.63) is 23.7 Å². The van der Waals surface area contributed by atoms with Crippen LogP contribution >= 0.6 is 0 Å². The van der Waals surface area contributed by atoms with E-state index in [2.05, 4.69) is 21.2 Å². The summed E-state index contributed by atoms with van der Waals surface area (Å²) >= 11 is 0. The second-order valence-electron chi connectivity index (χ2n) is 9.43. The van der Waals surface area contributed by atoms with Gasteiger partial charge in [-0.05, 0) is 39.8 Å². The van der Waals surface area contributed by atoms with Gasteiger partial charge in [0.2, 0.25) is 0 Å². The molecular weight excluding hydrogens is 398 g/mol. The quantitative estimate of drug-likeness (QED) is 0.776. The van der Waals surface area contributed by atoms with Gasteiger partial charge >= 0.3 is 6.09 Å². The minimum atomic E-state index is -0.480. The summed E-state index contributed by atoms with van der Waals surface area (Å²) in [7, 11) is 0. The van der Waals surface area contributed by atoms with Crippen LogP contribution in [0.1, 0.15) is 38.3 Å². The number of carbonyl (C=O) groups is 1. The first-order valence-corrected chi connectivity index (χ1v) is 11.2. The number of guanidine groups is 1. The summed E-state index contributed by atoms with van der Waals surface area (Å²) < 4.78 is 17.0. The van der Waals surface area contributed by atoms with Gasteiger partial charge in [-0.2, -0.15) is 0 Å². The van der Waals surface area contributed by atoms with Crippen molar-refractivity contribution in [3.63, 3.8) is 0 Å². The monoisotopic (exact) mass is 433 g/mol. The molecule has 0 radical (unpaired) electrons. The van der Waals surface area contributed by atoms with Gasteiger partial charge in [0.15, 0.2) is 5.96 Å². The molecule has 1 amide bonds. The van der Waals surface area contributed by atoms with Crippen molar-refractivity contribution >= 4 is 12.1 Å². The smallest absolute Gasteiger partial charge is 0.410 e. The Hall–Kier alpha value is -2.26. The molecule has 2 fully saturated rings. The van der Waals surface area contributed by atoms with Gasteiger partial charge in [0, 0.05) is 39.3 Å². The Kier molecular flexibility index (Phi) is 6.43. The third-order valence-corrected chi connectivity index (χ3v) is 5.89. The van der Waals surface area contributed by atoms with Crippen LogP contribution in [-0.2, 0) is 9.47 Å². The van der Waals surface area contributed by atoms with E-state index in [0.29, 0.717) is 26.2 Å². The van der Waals surface area contributed by atoms with Gasteiger partial charge in [-0.1, -0.05) is 0 Å². The SMILES string of the molecule is Cc1ccc(C(CNC2=NCC3CN(C(=O)OC(C)(C)C)CCN23)N2CCOCC2)o1. The van der Waals surface area contributed by atoms with E-state index in [9.17, 15) is 4.79 Å². The van der Waals surface area contributed by atoms with Crippen LogP contribution in [-0.4, -0.2) is 97.4 Å². The molecule has 0 spiro atoms. The van der Waals surface area contributed by atoms with Crippen molar-refractivity contribution in [2.45, 2.75) is 45.4 Å². The molecule has 4 heterocycles. The Morgan fingerprint density at radius 3 is 2.71 bits per heavy atom. The number of carbonyl (C=O) groups excluding carboxylic acids is 1. The number of nitrogens with one attached hydrogen (secondary N) is 1. The van der Waals surface area contributed by atoms with Crippen LogP contribution in [0.4, 0.5) is 4.79 Å². The lowest BCUT2D eigenvalue weighted by Crippen LogP contribution is -2.58. The van der Waals surface area contributed by atoms with Gasteiger partial charge in [0.25, 0.3) is 0 Å². The number of aliphatic imine (C=N–C) groups is 1. The predicted octanol–water partition coefficient (Wildman–Crippen LogP) is 1.84. The van der Waals surface area contributed by atoms with Gasteiger partial charge in [0.05, 0.1) is 31.8 Å². The number of furan rings is 1. The number of piperazine rings is 1. The normalized spacial score (nSPS) is 23.4. The Labute approximate surface area is 184 Å². The molecule has 2 unspecified atom stereocenters. The molecule has 3 aliphatic rings. The highest BCUT2D eigenvalue weighted by atomic mass is 16.6. The van der Waals surface area contributed by atoms with Gasteiger partial charge in [-0.15, -0.1) is 0 Å². The van der Waals surface area contributed by atoms with Crippen LogP contribution in [0.25, 0.3) is 0 Å². The number of rotatable bonds is 4. The molecule has 0 aromatic carbocycles. The summed E-state index contributed by atoms with van der Waals surface area (Å²) in [5, 5.41) is 3.57. The van der Waals surface area contributed by atoms with Crippen molar-refractivity contribution in [2.75, 3.05) is 59.0 Å². The Bertz CT molecular complexity index is 796. The molecule has 0 saturated carbocycles. The van der Waals surface area contributed by atoms with Crippen LogP contribution < -0.4 is 5.32 Å². The zero-order chi connectivity index (χ0) is 22.0. The van der Waals surface area contributed by atoms with E-state index in [1.165, 1.54) is 0 Å². The lowest BCUT2D eigenvalue weighted by molar-refractivity contribution is 0.0110. The van der Waals surface area contributed by atoms with E-state index in [0.717, 1.165) is 50.3 Å². The Morgan fingerprint density at radius 2 is 2.03 bits per heavy atom. The third-order valence-electron chi connectivity index (χ3n) is 5.89. The maximum Gasteiger partial charge on any atom is 0.410 e. The van der Waals surface area contributed by atoms with Crippen LogP contribution in [0, 0.1) is 6.92 Å². The van der Waals surface area contributed by atoms with Gasteiger partial charge in [-0.25, -0.2) is 4.79 Å². The zero-order valence-corrected chi connectivity index (χ0v) is 19.1. The number of aryl methyl sites for hydroxylation is 1. The summed E-state index contributed by atoms with van der Waals surface area (Å²) in [6, 6.07) is 4.40. The number of morpholine rings is 1. The summed E-state index contributed by atoms with van der Waals surface area (Å²) in [6.45, 7) is 14.3. The summed E-state index contributed by atoms with van der Waals surface area (Å²) in [5.41, 5.74) is -0.480. The molecule has 4 rings (SSSR count). The molecule has 0 aliphatic carbocycles. The van der Waals surface area contributed by atoms with E-state index in [-0.39, 0.29) is 18.2 Å². The molecule has 0 bridgehead atoms. The predicted molar refractivity (Wildman–Crippen MR) is 117 cm³/mol. The minimum Gasteiger partial charge on any atom is -0.465 e. The average Bonchev–Trinajstić information content (AvgIpc) is 3.33. The molecule has 172 valence electrons. The van der Waals surface area contributed by atoms with Crippen molar-refractivity contribution in [1.82, 2.24) is 20.0 Å². The standard InChI is InChI=1S/C22H35N5O4/c1-16-5-6-19(30-16)18(25-9-11-29-12-10-25)14-24-20-23-13-17-15-26(7-8-27(17)20)21(28)31-22(2,3)4/h5-6,17-18H,7-15H2,1-4H3,(H,23,24). The summed E-state index contributed by atoms with van der Waals surface area (Å²) in [6.07, 6.45) is -0.242. The largest absolute Gasteiger partial charge is 0.465 e. The fourth-order valence-corrected chi connectivity index (χ4v) is 4.34. The second-order valence-corrected chi connectivity index (χ2v) is 9.43. The highest BCUT2D eigenvalue weighted by Gasteiger charge is 2.37. The fraction of sp³-hybridized carbons (Fsp3) is 0.727. The molecule has 3 aliphatic heterocycles. The molecule has 2 saturated heterocycles. The molecular formula is C22H35N5O4. The molecule has 9 nitrogen and oxygen atoms in total. The maximum absolute atomic E-state index is 12.4. The van der Waals surface area contributed by atoms with Crippen LogP contribution in [0.15, 0.2) is 21.5 Å². The zero-order valence-electron chi connectivity index (χ0n) is 19.1. The van der Waals surface area contributed by atoms with Gasteiger partial charge in [0.1, 0.15) is 17.1 Å². The number of ether oxygens (including phenoxy) is 2. The molecule has 1 aromatic rings. The topological polar surface area (TPSA) is 82.8 Å². The lowest BCUT2D eigenvalue weighted by Gasteiger charge is -2.39. The number of nitrogens with zero attached hydrogens (tertiary/aromatic N) is 4. The number of hydrogen-bond acceptors (Lipinski definition) is 8. The minimum absolute atomic E-state index is 0.127. The maximum atomic E-state index is 12.4. The molecule has 9 heteroatoms. The van der Waals surface area contributed by atoms with Crippen molar-refractivity contribution in [3.8, 4) is 0 Å². The molecule has 1 N–H and O–H groups in total. The fourth-order valence-electron chi connectivity index (χ4n) is 4.34. The number of amides is 1. The molecule has 1 aromatic heterocycles. The summed E-state index contributed by atoms with van der Waals surface area (Å²) in [4.78, 5) is 23.7. The first-order valence-electron chi connectivity index (χ1n) is 11.2. The number of fused-ring (bicyclic) bond motifs is 1. The van der Waals surface area contributed by atoms with E-state index >= 15 is 0 Å². The van der Waals surface area contributed by atoms with Gasteiger partial charge in [-0.3, -0.25) is 9.89 Å². The van der Waals surface area contributed by atoms with Crippen LogP contribution in [0.2, 0.25) is 0 Å². The average molecular weight is 434 g/mol. The highest BCUT2D eigenvalue weighted by molar-refractivity contribution is 5.82. The van der Waals surface area contributed by atoms with E-state index in [1.54, 1.807) is 4.90 Å². The van der Waals surface area contributed by atoms with Gasteiger partial charge < -0.3 is 29.0 Å². The number of hydrogen-bond donors (Lipinski definition) is 1. The van der Waals surface area contributed by atoms with Crippen LogP contribution in [0.3, 0.4) is 0 Å². The van der Waals surface area contributed by atoms with Crippen molar-refractivity contribution in [1.29, 1.82) is 0 Å². The van der Waals surface area contributed by atoms with Crippen LogP contribution in [0.5, 0.6) is 0 Å². The van der Waals surface area contributed by atoms with E-state index < -0.39 is 5.60 Å². The first-order chi connectivity index (χ1) is 14.8. The molecule has 2 atom stereocenters. The van der Waals surface area contributed by atoms with Crippen molar-refractivity contribution in [2.24, 2.45) is 4.99 Å². The highest BCUT2D eigenvalue weighted by Crippen LogP contribution is 2.24. The Balaban J connectivity index is 1.35. The summed E-state index contributed by atoms with van der Waals surface area (Å²) in [5.74, 6) is 2.80. The van der Waals surface area contributed by atoms with E-state index in [4.69, 9.17) is 18.9 Å². The molecule has 31 heavy (non-hydrogen) atoms. The van der Waals surface area contributed by atoms with E-state index in [1.807, 2.05) is 33.8 Å². The third kappa shape index (κ3) is 5.33. The van der Waals surface area contributed by atoms with Crippen molar-refractivity contribution < 1.29 is 18.7 Å². The Morgan fingerprint density at radius 1 is 1.26 bits per heavy atom.